The summed E-state index contributed by atoms with van der Waals surface area (Å²) in [7, 11) is 0. The molecule has 0 saturated heterocycles. The van der Waals surface area contributed by atoms with Crippen molar-refractivity contribution in [2.24, 2.45) is 0 Å². The van der Waals surface area contributed by atoms with Crippen LogP contribution in [0.15, 0.2) is 24.3 Å². The van der Waals surface area contributed by atoms with E-state index in [2.05, 4.69) is 9.55 Å². The average Bonchev–Trinajstić information content (AvgIpc) is 2.73. The van der Waals surface area contributed by atoms with Crippen LogP contribution < -0.4 is 4.74 Å². The summed E-state index contributed by atoms with van der Waals surface area (Å²) in [6, 6.07) is 8.71. The van der Waals surface area contributed by atoms with Gasteiger partial charge in [-0.15, -0.1) is 11.6 Å². The summed E-state index contributed by atoms with van der Waals surface area (Å²) in [6.45, 7) is 0.805. The molecule has 0 saturated carbocycles. The van der Waals surface area contributed by atoms with Gasteiger partial charge in [0.25, 0.3) is 6.01 Å². The van der Waals surface area contributed by atoms with E-state index in [0.717, 1.165) is 17.6 Å². The molecule has 1 aromatic carbocycles. The molecular formula is C10H9ClN2O. The molecule has 0 bridgehead atoms. The van der Waals surface area contributed by atoms with E-state index in [4.69, 9.17) is 16.3 Å². The highest BCUT2D eigenvalue weighted by molar-refractivity contribution is 6.18. The Morgan fingerprint density at radius 3 is 3.21 bits per heavy atom. The predicted molar refractivity (Wildman–Crippen MR) is 54.9 cm³/mol. The van der Waals surface area contributed by atoms with Crippen LogP contribution in [0.2, 0.25) is 0 Å². The van der Waals surface area contributed by atoms with E-state index < -0.39 is 0 Å². The number of rotatable bonds is 1. The Kier molecular flexibility index (Phi) is 1.67. The topological polar surface area (TPSA) is 27.1 Å². The quantitative estimate of drug-likeness (QED) is 0.671. The van der Waals surface area contributed by atoms with Crippen molar-refractivity contribution in [2.75, 3.05) is 5.88 Å². The van der Waals surface area contributed by atoms with Gasteiger partial charge in [-0.25, -0.2) is 0 Å². The first-order chi connectivity index (χ1) is 6.88. The van der Waals surface area contributed by atoms with E-state index in [9.17, 15) is 0 Å². The zero-order valence-corrected chi connectivity index (χ0v) is 8.24. The number of benzene rings is 1. The Bertz CT molecular complexity index is 480. The molecule has 1 aromatic heterocycles. The van der Waals surface area contributed by atoms with Crippen molar-refractivity contribution >= 4 is 22.6 Å². The lowest BCUT2D eigenvalue weighted by molar-refractivity contribution is 0.249. The molecule has 0 aliphatic carbocycles. The van der Waals surface area contributed by atoms with E-state index in [1.807, 2.05) is 24.3 Å². The number of imidazole rings is 1. The minimum atomic E-state index is 0.0729. The second-order valence-electron chi connectivity index (χ2n) is 3.39. The molecule has 14 heavy (non-hydrogen) atoms. The van der Waals surface area contributed by atoms with Crippen molar-refractivity contribution in [2.45, 2.75) is 12.6 Å². The van der Waals surface area contributed by atoms with Crippen LogP contribution in [0.3, 0.4) is 0 Å². The largest absolute Gasteiger partial charge is 0.458 e. The molecule has 2 heterocycles. The molecule has 1 aliphatic heterocycles. The Morgan fingerprint density at radius 2 is 2.36 bits per heavy atom. The maximum Gasteiger partial charge on any atom is 0.297 e. The monoisotopic (exact) mass is 208 g/mol. The molecule has 3 rings (SSSR count). The smallest absolute Gasteiger partial charge is 0.297 e. The fourth-order valence-corrected chi connectivity index (χ4v) is 1.95. The van der Waals surface area contributed by atoms with E-state index in [-0.39, 0.29) is 6.10 Å². The first-order valence-corrected chi connectivity index (χ1v) is 5.10. The molecule has 2 aromatic rings. The Labute approximate surface area is 86.3 Å². The van der Waals surface area contributed by atoms with Crippen molar-refractivity contribution in [3.05, 3.63) is 24.3 Å². The number of hydrogen-bond acceptors (Lipinski definition) is 2. The molecule has 4 heteroatoms. The summed E-state index contributed by atoms with van der Waals surface area (Å²) < 4.78 is 7.63. The van der Waals surface area contributed by atoms with Crippen LogP contribution in [0.4, 0.5) is 0 Å². The van der Waals surface area contributed by atoms with Gasteiger partial charge in [0.15, 0.2) is 0 Å². The van der Waals surface area contributed by atoms with Gasteiger partial charge in [-0.2, -0.15) is 4.98 Å². The lowest BCUT2D eigenvalue weighted by Gasteiger charge is -2.02. The summed E-state index contributed by atoms with van der Waals surface area (Å²) >= 11 is 5.74. The fraction of sp³-hybridized carbons (Fsp3) is 0.300. The third-order valence-electron chi connectivity index (χ3n) is 2.45. The molecule has 1 unspecified atom stereocenters. The molecule has 1 atom stereocenters. The maximum atomic E-state index is 5.74. The molecule has 3 nitrogen and oxygen atoms in total. The van der Waals surface area contributed by atoms with Crippen LogP contribution >= 0.6 is 11.6 Å². The van der Waals surface area contributed by atoms with E-state index in [0.29, 0.717) is 11.9 Å². The zero-order valence-electron chi connectivity index (χ0n) is 7.48. The summed E-state index contributed by atoms with van der Waals surface area (Å²) in [6.07, 6.45) is 0.0729. The van der Waals surface area contributed by atoms with Crippen LogP contribution in [0.1, 0.15) is 0 Å². The SMILES string of the molecule is ClCC1Cn2c(nc3ccccc32)O1. The molecule has 0 N–H and O–H groups in total. The van der Waals surface area contributed by atoms with Crippen LogP contribution in [0.5, 0.6) is 6.01 Å². The van der Waals surface area contributed by atoms with Gasteiger partial charge in [-0.1, -0.05) is 12.1 Å². The van der Waals surface area contributed by atoms with Crippen molar-refractivity contribution in [1.82, 2.24) is 9.55 Å². The van der Waals surface area contributed by atoms with Gasteiger partial charge in [0.05, 0.1) is 23.5 Å². The molecule has 1 aliphatic rings. The first-order valence-electron chi connectivity index (χ1n) is 4.56. The van der Waals surface area contributed by atoms with Gasteiger partial charge >= 0.3 is 0 Å². The first kappa shape index (κ1) is 8.12. The minimum absolute atomic E-state index is 0.0729. The minimum Gasteiger partial charge on any atom is -0.458 e. The molecule has 0 amide bonds. The third kappa shape index (κ3) is 1.02. The van der Waals surface area contributed by atoms with E-state index in [1.54, 1.807) is 0 Å². The van der Waals surface area contributed by atoms with Gasteiger partial charge in [-0.05, 0) is 12.1 Å². The van der Waals surface area contributed by atoms with Crippen molar-refractivity contribution in [1.29, 1.82) is 0 Å². The highest BCUT2D eigenvalue weighted by Crippen LogP contribution is 2.27. The van der Waals surface area contributed by atoms with Crippen LogP contribution in [-0.4, -0.2) is 21.5 Å². The van der Waals surface area contributed by atoms with Crippen molar-refractivity contribution in [3.8, 4) is 6.01 Å². The highest BCUT2D eigenvalue weighted by atomic mass is 35.5. The van der Waals surface area contributed by atoms with E-state index >= 15 is 0 Å². The molecule has 0 radical (unpaired) electrons. The lowest BCUT2D eigenvalue weighted by Crippen LogP contribution is -2.15. The van der Waals surface area contributed by atoms with Gasteiger partial charge in [0.1, 0.15) is 6.10 Å². The maximum absolute atomic E-state index is 5.74. The Hall–Kier alpha value is -1.22. The highest BCUT2D eigenvalue weighted by Gasteiger charge is 2.25. The van der Waals surface area contributed by atoms with Crippen LogP contribution in [0, 0.1) is 0 Å². The van der Waals surface area contributed by atoms with Gasteiger partial charge in [0, 0.05) is 0 Å². The number of ether oxygens (including phenoxy) is 1. The lowest BCUT2D eigenvalue weighted by atomic mass is 10.3. The summed E-state index contributed by atoms with van der Waals surface area (Å²) in [5, 5.41) is 0. The number of hydrogen-bond donors (Lipinski definition) is 0. The number of nitrogens with zero attached hydrogens (tertiary/aromatic N) is 2. The van der Waals surface area contributed by atoms with Crippen molar-refractivity contribution in [3.63, 3.8) is 0 Å². The number of alkyl halides is 1. The van der Waals surface area contributed by atoms with Crippen LogP contribution in [0.25, 0.3) is 11.0 Å². The fourth-order valence-electron chi connectivity index (χ4n) is 1.79. The zero-order chi connectivity index (χ0) is 9.54. The van der Waals surface area contributed by atoms with Gasteiger partial charge in [-0.3, -0.25) is 4.57 Å². The second-order valence-corrected chi connectivity index (χ2v) is 3.70. The number of para-hydroxylation sites is 2. The number of fused-ring (bicyclic) bond motifs is 3. The Balaban J connectivity index is 2.16. The number of halogens is 1. The van der Waals surface area contributed by atoms with Crippen LogP contribution in [-0.2, 0) is 6.54 Å². The molecule has 0 spiro atoms. The average molecular weight is 209 g/mol. The number of aromatic nitrogens is 2. The van der Waals surface area contributed by atoms with Crippen molar-refractivity contribution < 1.29 is 4.74 Å². The second kappa shape index (κ2) is 2.89. The van der Waals surface area contributed by atoms with Gasteiger partial charge < -0.3 is 4.74 Å². The van der Waals surface area contributed by atoms with E-state index in [1.165, 1.54) is 0 Å². The van der Waals surface area contributed by atoms with Gasteiger partial charge in [0.2, 0.25) is 0 Å². The predicted octanol–water partition coefficient (Wildman–Crippen LogP) is 2.04. The molecule has 0 fully saturated rings. The molecular weight excluding hydrogens is 200 g/mol. The normalized spacial score (nSPS) is 19.6. The summed E-state index contributed by atoms with van der Waals surface area (Å²) in [4.78, 5) is 4.37. The third-order valence-corrected chi connectivity index (χ3v) is 2.79. The molecule has 72 valence electrons. The standard InChI is InChI=1S/C10H9ClN2O/c11-5-7-6-13-9-4-2-1-3-8(9)12-10(13)14-7/h1-4,7H,5-6H2. The summed E-state index contributed by atoms with van der Waals surface area (Å²) in [5.41, 5.74) is 2.10. The Morgan fingerprint density at radius 1 is 1.50 bits per heavy atom. The summed E-state index contributed by atoms with van der Waals surface area (Å²) in [5.74, 6) is 0.512.